The summed E-state index contributed by atoms with van der Waals surface area (Å²) in [6.07, 6.45) is 1.15. The maximum absolute atomic E-state index is 11.8. The Labute approximate surface area is 151 Å². The van der Waals surface area contributed by atoms with E-state index in [1.165, 1.54) is 11.2 Å². The summed E-state index contributed by atoms with van der Waals surface area (Å²) in [5, 5.41) is 9.77. The van der Waals surface area contributed by atoms with Gasteiger partial charge >= 0.3 is 0 Å². The van der Waals surface area contributed by atoms with Gasteiger partial charge in [-0.25, -0.2) is 0 Å². The van der Waals surface area contributed by atoms with Crippen molar-refractivity contribution in [2.45, 2.75) is 12.1 Å². The van der Waals surface area contributed by atoms with Gasteiger partial charge in [0.05, 0.1) is 6.26 Å². The van der Waals surface area contributed by atoms with Gasteiger partial charge in [0, 0.05) is 55.3 Å². The molecular weight excluding hydrogens is 473 g/mol. The third kappa shape index (κ3) is 2.48. The number of carbonyl (C=O) groups is 2. The predicted molar refractivity (Wildman–Crippen MR) is 66.8 cm³/mol. The fourth-order valence-electron chi connectivity index (χ4n) is 2.22. The van der Waals surface area contributed by atoms with E-state index in [0.29, 0.717) is 17.0 Å². The summed E-state index contributed by atoms with van der Waals surface area (Å²) in [6, 6.07) is 9.50. The Hall–Kier alpha value is -0.958. The molecule has 1 aliphatic rings. The zero-order valence-corrected chi connectivity index (χ0v) is 15.2. The number of hydrogen-bond acceptors (Lipinski definition) is 4. The second kappa shape index (κ2) is 6.21. The fraction of sp³-hybridized carbons (Fsp3) is 0.143. The molecule has 0 spiro atoms. The van der Waals surface area contributed by atoms with E-state index in [0.717, 1.165) is 6.29 Å². The molecule has 1 aliphatic heterocycles. The number of anilines is 1. The van der Waals surface area contributed by atoms with Crippen molar-refractivity contribution in [1.82, 2.24) is 0 Å². The van der Waals surface area contributed by atoms with Crippen molar-refractivity contribution in [2.24, 2.45) is 0 Å². The van der Waals surface area contributed by atoms with Crippen molar-refractivity contribution in [1.29, 1.82) is 0 Å². The molecule has 1 radical (unpaired) electrons. The molecule has 1 saturated heterocycles. The van der Waals surface area contributed by atoms with Gasteiger partial charge in [0.15, 0.2) is 6.10 Å². The van der Waals surface area contributed by atoms with E-state index < -0.39 is 12.1 Å². The van der Waals surface area contributed by atoms with Crippen LogP contribution in [0.25, 0.3) is 0 Å². The first-order valence-corrected chi connectivity index (χ1v) is 5.82. The first kappa shape index (κ1) is 15.4. The number of rotatable bonds is 3. The minimum Gasteiger partial charge on any atom is -0.467 e. The molecule has 3 rings (SSSR count). The van der Waals surface area contributed by atoms with E-state index in [4.69, 9.17) is 4.42 Å². The van der Waals surface area contributed by atoms with Crippen molar-refractivity contribution in [3.8, 4) is 0 Å². The van der Waals surface area contributed by atoms with E-state index in [2.05, 4.69) is 0 Å². The molecule has 0 bridgehead atoms. The van der Waals surface area contributed by atoms with Gasteiger partial charge < -0.3 is 9.52 Å². The average molecular weight is 484 g/mol. The van der Waals surface area contributed by atoms with Crippen molar-refractivity contribution in [2.75, 3.05) is 4.90 Å². The van der Waals surface area contributed by atoms with Crippen LogP contribution in [-0.4, -0.2) is 23.4 Å². The van der Waals surface area contributed by atoms with Crippen molar-refractivity contribution < 1.29 is 63.2 Å². The molecule has 0 aliphatic carbocycles. The number of carbonyl (C=O) groups excluding carboxylic acids is 2. The molecule has 2 heterocycles. The molecule has 1 aromatic heterocycles. The molecular formula is C14H11AcNO4. The smallest absolute Gasteiger partial charge is 0.259 e. The summed E-state index contributed by atoms with van der Waals surface area (Å²) in [5.74, 6) is 0.159. The van der Waals surface area contributed by atoms with Crippen LogP contribution in [0.3, 0.4) is 0 Å². The molecule has 1 fully saturated rings. The number of amides is 1. The molecule has 0 saturated carbocycles. The van der Waals surface area contributed by atoms with Gasteiger partial charge in [-0.05, 0) is 36.4 Å². The zero-order chi connectivity index (χ0) is 13.4. The normalized spacial score (nSPS) is 21.1. The Morgan fingerprint density at radius 1 is 1.20 bits per heavy atom. The fourth-order valence-corrected chi connectivity index (χ4v) is 2.22. The minimum absolute atomic E-state index is 0. The molecule has 1 amide bonds. The Kier molecular flexibility index (Phi) is 4.79. The first-order chi connectivity index (χ1) is 9.22. The topological polar surface area (TPSA) is 70.8 Å². The number of benzene rings is 1. The monoisotopic (exact) mass is 484 g/mol. The van der Waals surface area contributed by atoms with E-state index in [1.807, 2.05) is 0 Å². The van der Waals surface area contributed by atoms with Crippen LogP contribution < -0.4 is 4.90 Å². The van der Waals surface area contributed by atoms with Crippen LogP contribution in [0.5, 0.6) is 0 Å². The van der Waals surface area contributed by atoms with Crippen LogP contribution in [-0.2, 0) is 4.79 Å². The number of aldehydes is 1. The first-order valence-electron chi connectivity index (χ1n) is 5.82. The molecule has 5 nitrogen and oxygen atoms in total. The number of nitrogens with zero attached hydrogens (tertiary/aromatic N) is 1. The minimum atomic E-state index is -1.09. The summed E-state index contributed by atoms with van der Waals surface area (Å²) >= 11 is 0. The van der Waals surface area contributed by atoms with Crippen molar-refractivity contribution >= 4 is 17.9 Å². The Morgan fingerprint density at radius 2 is 1.90 bits per heavy atom. The number of hydrogen-bond donors (Lipinski definition) is 1. The maximum atomic E-state index is 11.8. The van der Waals surface area contributed by atoms with Gasteiger partial charge in [0.1, 0.15) is 18.1 Å². The average Bonchev–Trinajstić information content (AvgIpc) is 2.97. The maximum Gasteiger partial charge on any atom is 0.259 e. The third-order valence-electron chi connectivity index (χ3n) is 3.21. The van der Waals surface area contributed by atoms with E-state index in [-0.39, 0.29) is 50.0 Å². The standard InChI is InChI=1S/C14H11NO4.Ac/c16-8-9-3-5-10(6-4-9)15-12(13(17)14(15)18)11-2-1-7-19-11;/h1-8,12-13,17H;/t12-,13+;/m0./s1. The molecule has 20 heavy (non-hydrogen) atoms. The van der Waals surface area contributed by atoms with Crippen molar-refractivity contribution in [3.63, 3.8) is 0 Å². The number of aliphatic hydroxyl groups is 1. The molecule has 99 valence electrons. The van der Waals surface area contributed by atoms with Crippen LogP contribution in [0.4, 0.5) is 5.69 Å². The number of furan rings is 1. The summed E-state index contributed by atoms with van der Waals surface area (Å²) in [4.78, 5) is 23.8. The summed E-state index contributed by atoms with van der Waals surface area (Å²) in [5.41, 5.74) is 1.16. The Bertz CT molecular complexity index is 609. The van der Waals surface area contributed by atoms with Crippen LogP contribution in [0.1, 0.15) is 22.2 Å². The van der Waals surface area contributed by atoms with Crippen LogP contribution in [0.2, 0.25) is 0 Å². The second-order valence-electron chi connectivity index (χ2n) is 4.32. The molecule has 0 unspecified atom stereocenters. The number of β-lactam (4-membered cyclic amide) rings is 1. The van der Waals surface area contributed by atoms with Gasteiger partial charge in [-0.1, -0.05) is 0 Å². The van der Waals surface area contributed by atoms with E-state index >= 15 is 0 Å². The molecule has 6 heteroatoms. The molecule has 2 atom stereocenters. The summed E-state index contributed by atoms with van der Waals surface area (Å²) < 4.78 is 5.24. The van der Waals surface area contributed by atoms with Gasteiger partial charge in [-0.2, -0.15) is 0 Å². The van der Waals surface area contributed by atoms with Crippen LogP contribution in [0, 0.1) is 44.1 Å². The summed E-state index contributed by atoms with van der Waals surface area (Å²) in [7, 11) is 0. The molecule has 2 aromatic rings. The Morgan fingerprint density at radius 3 is 2.45 bits per heavy atom. The van der Waals surface area contributed by atoms with Crippen molar-refractivity contribution in [3.05, 3.63) is 54.0 Å². The SMILES string of the molecule is O=Cc1ccc(N2C(=O)[C@H](O)[C@@H]2c2ccco2)cc1.[Ac]. The van der Waals surface area contributed by atoms with E-state index in [1.54, 1.807) is 36.4 Å². The van der Waals surface area contributed by atoms with Gasteiger partial charge in [-0.3, -0.25) is 14.5 Å². The number of aliphatic hydroxyl groups excluding tert-OH is 1. The third-order valence-corrected chi connectivity index (χ3v) is 3.21. The quantitative estimate of drug-likeness (QED) is 0.531. The second-order valence-corrected chi connectivity index (χ2v) is 4.32. The molecule has 1 aromatic carbocycles. The summed E-state index contributed by atoms with van der Waals surface area (Å²) in [6.45, 7) is 0. The Balaban J connectivity index is 0.00000147. The zero-order valence-electron chi connectivity index (χ0n) is 10.5. The van der Waals surface area contributed by atoms with E-state index in [9.17, 15) is 14.7 Å². The van der Waals surface area contributed by atoms with Gasteiger partial charge in [0.25, 0.3) is 5.91 Å². The van der Waals surface area contributed by atoms with Gasteiger partial charge in [-0.15, -0.1) is 0 Å². The van der Waals surface area contributed by atoms with Crippen LogP contribution >= 0.6 is 0 Å². The van der Waals surface area contributed by atoms with Gasteiger partial charge in [0.2, 0.25) is 0 Å². The largest absolute Gasteiger partial charge is 0.467 e. The predicted octanol–water partition coefficient (Wildman–Crippen LogP) is 1.54. The van der Waals surface area contributed by atoms with Crippen LogP contribution in [0.15, 0.2) is 47.1 Å². The molecule has 1 N–H and O–H groups in total.